The van der Waals surface area contributed by atoms with Crippen LogP contribution < -0.4 is 0 Å². The van der Waals surface area contributed by atoms with E-state index < -0.39 is 0 Å². The van der Waals surface area contributed by atoms with Crippen LogP contribution in [0, 0.1) is 11.8 Å². The van der Waals surface area contributed by atoms with E-state index >= 15 is 0 Å². The van der Waals surface area contributed by atoms with Gasteiger partial charge in [-0.05, 0) is 146 Å². The number of fused-ring (bicyclic) bond motifs is 9. The van der Waals surface area contributed by atoms with Gasteiger partial charge in [0.15, 0.2) is 0 Å². The van der Waals surface area contributed by atoms with Gasteiger partial charge in [-0.3, -0.25) is 0 Å². The summed E-state index contributed by atoms with van der Waals surface area (Å²) in [6.07, 6.45) is 14.4. The lowest BCUT2D eigenvalue weighted by molar-refractivity contribution is 0.665. The van der Waals surface area contributed by atoms with Crippen LogP contribution in [0.2, 0.25) is 0 Å². The molecule has 0 heterocycles. The van der Waals surface area contributed by atoms with Gasteiger partial charge in [0.1, 0.15) is 0 Å². The number of benzene rings is 10. The first-order chi connectivity index (χ1) is 28.7. The molecule has 0 saturated carbocycles. The zero-order valence-corrected chi connectivity index (χ0v) is 31.9. The fourth-order valence-corrected chi connectivity index (χ4v) is 9.68. The van der Waals surface area contributed by atoms with Crippen LogP contribution in [0.5, 0.6) is 0 Å². The highest BCUT2D eigenvalue weighted by atomic mass is 14.3. The highest BCUT2D eigenvalue weighted by molar-refractivity contribution is 6.23. The van der Waals surface area contributed by atoms with Crippen molar-refractivity contribution in [3.05, 3.63) is 230 Å². The summed E-state index contributed by atoms with van der Waals surface area (Å²) >= 11 is 0. The van der Waals surface area contributed by atoms with Crippen molar-refractivity contribution in [3.8, 4) is 22.3 Å². The highest BCUT2D eigenvalue weighted by Gasteiger charge is 2.23. The van der Waals surface area contributed by atoms with Crippen LogP contribution in [-0.2, 0) is 0 Å². The summed E-state index contributed by atoms with van der Waals surface area (Å²) in [5.74, 6) is 0.642. The van der Waals surface area contributed by atoms with Crippen molar-refractivity contribution in [1.29, 1.82) is 0 Å². The maximum atomic E-state index is 2.50. The molecule has 0 aromatic heterocycles. The van der Waals surface area contributed by atoms with Gasteiger partial charge in [-0.2, -0.15) is 0 Å². The SMILES string of the molecule is C1=CC2C=CC(c3cc4c5ccccc5c(-c5ccc6ccc(-c7ccc8ccccc8c7)cc6c5)cc4c4ccccc34)=CC2C=C1c1ccc2ccccc2c1. The largest absolute Gasteiger partial charge is 0.0761 e. The van der Waals surface area contributed by atoms with E-state index in [0.717, 1.165) is 0 Å². The van der Waals surface area contributed by atoms with Gasteiger partial charge in [0, 0.05) is 11.8 Å². The molecule has 12 rings (SSSR count). The molecule has 10 aromatic rings. The van der Waals surface area contributed by atoms with Crippen molar-refractivity contribution >= 4 is 75.8 Å². The van der Waals surface area contributed by atoms with Crippen molar-refractivity contribution in [2.45, 2.75) is 0 Å². The number of rotatable bonds is 4. The van der Waals surface area contributed by atoms with E-state index in [1.165, 1.54) is 109 Å². The first-order valence-electron chi connectivity index (χ1n) is 20.4. The minimum absolute atomic E-state index is 0.287. The Bertz CT molecular complexity index is 3460. The van der Waals surface area contributed by atoms with Gasteiger partial charge in [-0.25, -0.2) is 0 Å². The molecule has 10 aromatic carbocycles. The molecule has 0 nitrogen and oxygen atoms in total. The van der Waals surface area contributed by atoms with Gasteiger partial charge < -0.3 is 0 Å². The van der Waals surface area contributed by atoms with E-state index in [1.54, 1.807) is 0 Å². The lowest BCUT2D eigenvalue weighted by Gasteiger charge is -2.26. The topological polar surface area (TPSA) is 0 Å². The Balaban J connectivity index is 0.980. The summed E-state index contributed by atoms with van der Waals surface area (Å²) in [6.45, 7) is 0. The fourth-order valence-electron chi connectivity index (χ4n) is 9.68. The molecule has 2 aliphatic rings. The quantitative estimate of drug-likeness (QED) is 0.158. The monoisotopic (exact) mass is 734 g/mol. The standard InChI is InChI=1S/C58H38/c1-3-11-41-29-43(23-17-37(41)9-1)45-25-19-39-21-27-47(33-49(39)31-45)55-35-57-54-16-8-6-14-52(54)56(36-58(57)53-15-7-5-13-51(53)55)48-28-22-40-20-26-46(32-50(40)34-48)44-24-18-38-10-2-4-12-42(38)30-44/h1-36,39,49H. The normalized spacial score (nSPS) is 16.3. The van der Waals surface area contributed by atoms with Crippen molar-refractivity contribution in [1.82, 2.24) is 0 Å². The molecular formula is C58H38. The van der Waals surface area contributed by atoms with E-state index in [0.29, 0.717) is 5.92 Å². The van der Waals surface area contributed by atoms with Crippen molar-refractivity contribution in [3.63, 3.8) is 0 Å². The number of hydrogen-bond acceptors (Lipinski definition) is 0. The molecule has 0 heteroatoms. The molecule has 0 saturated heterocycles. The molecule has 0 N–H and O–H groups in total. The lowest BCUT2D eigenvalue weighted by atomic mass is 9.78. The van der Waals surface area contributed by atoms with Gasteiger partial charge in [0.25, 0.3) is 0 Å². The Morgan fingerprint density at radius 1 is 0.259 bits per heavy atom. The Hall–Kier alpha value is -7.28. The van der Waals surface area contributed by atoms with E-state index in [2.05, 4.69) is 218 Å². The summed E-state index contributed by atoms with van der Waals surface area (Å²) in [7, 11) is 0. The van der Waals surface area contributed by atoms with Crippen LogP contribution >= 0.6 is 0 Å². The van der Waals surface area contributed by atoms with Crippen molar-refractivity contribution in [2.75, 3.05) is 0 Å². The van der Waals surface area contributed by atoms with Gasteiger partial charge in [0.2, 0.25) is 0 Å². The van der Waals surface area contributed by atoms with Gasteiger partial charge >= 0.3 is 0 Å². The molecular weight excluding hydrogens is 697 g/mol. The molecule has 0 spiro atoms. The number of hydrogen-bond donors (Lipinski definition) is 0. The third-order valence-electron chi connectivity index (χ3n) is 12.7. The Kier molecular flexibility index (Phi) is 7.46. The third-order valence-corrected chi connectivity index (χ3v) is 12.7. The van der Waals surface area contributed by atoms with Gasteiger partial charge in [0.05, 0.1) is 0 Å². The van der Waals surface area contributed by atoms with Crippen molar-refractivity contribution < 1.29 is 0 Å². The minimum Gasteiger partial charge on any atom is -0.0761 e. The van der Waals surface area contributed by atoms with E-state index in [1.807, 2.05) is 0 Å². The second kappa shape index (κ2) is 13.2. The molecule has 0 aliphatic heterocycles. The van der Waals surface area contributed by atoms with Crippen LogP contribution in [0.3, 0.4) is 0 Å². The lowest BCUT2D eigenvalue weighted by Crippen LogP contribution is -2.13. The summed E-state index contributed by atoms with van der Waals surface area (Å²) in [5, 5.41) is 15.3. The summed E-state index contributed by atoms with van der Waals surface area (Å²) in [4.78, 5) is 0. The first kappa shape index (κ1) is 32.9. The molecule has 0 radical (unpaired) electrons. The molecule has 2 atom stereocenters. The smallest absolute Gasteiger partial charge is 0.00627 e. The van der Waals surface area contributed by atoms with Gasteiger partial charge in [-0.15, -0.1) is 0 Å². The maximum Gasteiger partial charge on any atom is 0.00627 e. The molecule has 0 bridgehead atoms. The Morgan fingerprint density at radius 3 is 1.34 bits per heavy atom. The average molecular weight is 735 g/mol. The van der Waals surface area contributed by atoms with E-state index in [9.17, 15) is 0 Å². The van der Waals surface area contributed by atoms with E-state index in [-0.39, 0.29) is 5.92 Å². The fraction of sp³-hybridized carbons (Fsp3) is 0.0345. The molecule has 0 amide bonds. The second-order valence-corrected chi connectivity index (χ2v) is 16.1. The zero-order valence-electron chi connectivity index (χ0n) is 31.9. The zero-order chi connectivity index (χ0) is 38.2. The van der Waals surface area contributed by atoms with Crippen LogP contribution in [0.15, 0.2) is 218 Å². The summed E-state index contributed by atoms with van der Waals surface area (Å²) in [6, 6.07) is 67.6. The Labute approximate surface area is 338 Å². The summed E-state index contributed by atoms with van der Waals surface area (Å²) in [5.41, 5.74) is 10.1. The van der Waals surface area contributed by atoms with Crippen molar-refractivity contribution in [2.24, 2.45) is 11.8 Å². The maximum absolute atomic E-state index is 2.50. The molecule has 270 valence electrons. The third kappa shape index (κ3) is 5.45. The second-order valence-electron chi connectivity index (χ2n) is 16.1. The summed E-state index contributed by atoms with van der Waals surface area (Å²) < 4.78 is 0. The highest BCUT2D eigenvalue weighted by Crippen LogP contribution is 2.44. The van der Waals surface area contributed by atoms with Crippen LogP contribution in [0.25, 0.3) is 98.0 Å². The van der Waals surface area contributed by atoms with Crippen LogP contribution in [0.4, 0.5) is 0 Å². The van der Waals surface area contributed by atoms with E-state index in [4.69, 9.17) is 0 Å². The molecule has 0 fully saturated rings. The average Bonchev–Trinajstić information content (AvgIpc) is 3.30. The molecule has 2 aliphatic carbocycles. The predicted molar refractivity (Wildman–Crippen MR) is 250 cm³/mol. The first-order valence-corrected chi connectivity index (χ1v) is 20.4. The number of allylic oxidation sites excluding steroid dienone is 8. The van der Waals surface area contributed by atoms with Gasteiger partial charge in [-0.1, -0.05) is 182 Å². The minimum atomic E-state index is 0.287. The molecule has 58 heavy (non-hydrogen) atoms. The molecule has 2 unspecified atom stereocenters. The predicted octanol–water partition coefficient (Wildman–Crippen LogP) is 15.8. The van der Waals surface area contributed by atoms with Crippen LogP contribution in [0.1, 0.15) is 11.1 Å². The van der Waals surface area contributed by atoms with Crippen LogP contribution in [-0.4, -0.2) is 0 Å². The Morgan fingerprint density at radius 2 is 0.690 bits per heavy atom.